The second kappa shape index (κ2) is 4.44. The van der Waals surface area contributed by atoms with E-state index in [9.17, 15) is 0 Å². The number of nitrogens with one attached hydrogen (secondary N) is 2. The van der Waals surface area contributed by atoms with Crippen LogP contribution in [0.1, 0.15) is 26.7 Å². The zero-order valence-corrected chi connectivity index (χ0v) is 10.8. The van der Waals surface area contributed by atoms with Gasteiger partial charge in [-0.2, -0.15) is 9.97 Å². The number of aromatic nitrogens is 4. The van der Waals surface area contributed by atoms with E-state index < -0.39 is 0 Å². The third-order valence-corrected chi connectivity index (χ3v) is 3.43. The minimum atomic E-state index is 0.529. The van der Waals surface area contributed by atoms with E-state index in [2.05, 4.69) is 37.1 Å². The first-order valence-corrected chi connectivity index (χ1v) is 6.51. The topological polar surface area (TPSA) is 69.7 Å². The molecule has 96 valence electrons. The fraction of sp³-hybridized carbons (Fsp3) is 0.583. The molecule has 2 aromatic rings. The molecule has 18 heavy (non-hydrogen) atoms. The molecule has 2 N–H and O–H groups in total. The van der Waals surface area contributed by atoms with Gasteiger partial charge in [0.25, 0.3) is 0 Å². The van der Waals surface area contributed by atoms with Gasteiger partial charge < -0.3 is 15.2 Å². The number of H-pyrrole nitrogens is 1. The maximum Gasteiger partial charge on any atom is 0.226 e. The Morgan fingerprint density at radius 2 is 2.39 bits per heavy atom. The van der Waals surface area contributed by atoms with Crippen molar-refractivity contribution in [3.05, 3.63) is 6.33 Å². The summed E-state index contributed by atoms with van der Waals surface area (Å²) in [6.45, 7) is 6.14. The molecule has 1 fully saturated rings. The van der Waals surface area contributed by atoms with Crippen molar-refractivity contribution in [3.8, 4) is 0 Å². The van der Waals surface area contributed by atoms with E-state index in [1.807, 2.05) is 6.92 Å². The molecule has 0 radical (unpaired) electrons. The van der Waals surface area contributed by atoms with Crippen LogP contribution in [0.4, 0.5) is 11.8 Å². The van der Waals surface area contributed by atoms with Crippen molar-refractivity contribution in [1.82, 2.24) is 19.9 Å². The normalized spacial score (nSPS) is 19.7. The van der Waals surface area contributed by atoms with E-state index in [0.717, 1.165) is 30.1 Å². The van der Waals surface area contributed by atoms with Gasteiger partial charge in [0, 0.05) is 19.1 Å². The van der Waals surface area contributed by atoms with Crippen LogP contribution < -0.4 is 10.2 Å². The van der Waals surface area contributed by atoms with Crippen LogP contribution in [0.5, 0.6) is 0 Å². The first-order valence-electron chi connectivity index (χ1n) is 6.51. The highest BCUT2D eigenvalue weighted by molar-refractivity contribution is 5.84. The molecular weight excluding hydrogens is 228 g/mol. The molecule has 1 saturated heterocycles. The largest absolute Gasteiger partial charge is 0.354 e. The predicted octanol–water partition coefficient (Wildman–Crippen LogP) is 1.77. The average molecular weight is 246 g/mol. The number of rotatable bonds is 3. The van der Waals surface area contributed by atoms with Crippen molar-refractivity contribution in [1.29, 1.82) is 0 Å². The Balaban J connectivity index is 2.10. The zero-order valence-electron chi connectivity index (χ0n) is 10.8. The Bertz CT molecular complexity index is 548. The lowest BCUT2D eigenvalue weighted by atomic mass is 10.2. The molecule has 0 aromatic carbocycles. The van der Waals surface area contributed by atoms with E-state index >= 15 is 0 Å². The number of fused-ring (bicyclic) bond motifs is 1. The van der Waals surface area contributed by atoms with Gasteiger partial charge in [-0.15, -0.1) is 0 Å². The second-order valence-electron chi connectivity index (χ2n) is 4.69. The Kier molecular flexibility index (Phi) is 2.77. The average Bonchev–Trinajstić information content (AvgIpc) is 2.97. The minimum Gasteiger partial charge on any atom is -0.354 e. The summed E-state index contributed by atoms with van der Waals surface area (Å²) in [4.78, 5) is 18.7. The van der Waals surface area contributed by atoms with Crippen LogP contribution in [0.3, 0.4) is 0 Å². The highest BCUT2D eigenvalue weighted by Crippen LogP contribution is 2.29. The highest BCUT2D eigenvalue weighted by atomic mass is 15.3. The third kappa shape index (κ3) is 1.77. The molecule has 1 aliphatic rings. The molecule has 3 heterocycles. The number of imidazole rings is 1. The monoisotopic (exact) mass is 246 g/mol. The Morgan fingerprint density at radius 3 is 3.11 bits per heavy atom. The summed E-state index contributed by atoms with van der Waals surface area (Å²) in [5.41, 5.74) is 1.67. The molecule has 3 rings (SSSR count). The van der Waals surface area contributed by atoms with Gasteiger partial charge in [-0.3, -0.25) is 0 Å². The van der Waals surface area contributed by atoms with Gasteiger partial charge in [0.1, 0.15) is 5.52 Å². The minimum absolute atomic E-state index is 0.529. The summed E-state index contributed by atoms with van der Waals surface area (Å²) < 4.78 is 0. The van der Waals surface area contributed by atoms with E-state index in [1.54, 1.807) is 6.33 Å². The molecule has 1 unspecified atom stereocenters. The molecule has 0 bridgehead atoms. The van der Waals surface area contributed by atoms with E-state index in [0.29, 0.717) is 12.0 Å². The summed E-state index contributed by atoms with van der Waals surface area (Å²) >= 11 is 0. The van der Waals surface area contributed by atoms with Crippen molar-refractivity contribution in [2.45, 2.75) is 32.7 Å². The van der Waals surface area contributed by atoms with Gasteiger partial charge >= 0.3 is 0 Å². The smallest absolute Gasteiger partial charge is 0.226 e. The highest BCUT2D eigenvalue weighted by Gasteiger charge is 2.25. The van der Waals surface area contributed by atoms with Gasteiger partial charge in [-0.25, -0.2) is 4.98 Å². The lowest BCUT2D eigenvalue weighted by Gasteiger charge is -2.23. The van der Waals surface area contributed by atoms with E-state index in [1.165, 1.54) is 12.8 Å². The van der Waals surface area contributed by atoms with Gasteiger partial charge in [-0.05, 0) is 26.7 Å². The molecule has 6 heteroatoms. The van der Waals surface area contributed by atoms with E-state index in [-0.39, 0.29) is 0 Å². The summed E-state index contributed by atoms with van der Waals surface area (Å²) in [5, 5.41) is 3.17. The molecular formula is C12H18N6. The first kappa shape index (κ1) is 11.3. The molecule has 1 aliphatic heterocycles. The zero-order chi connectivity index (χ0) is 12.5. The number of hydrogen-bond acceptors (Lipinski definition) is 5. The van der Waals surface area contributed by atoms with Gasteiger partial charge in [0.15, 0.2) is 11.5 Å². The van der Waals surface area contributed by atoms with Crippen molar-refractivity contribution < 1.29 is 0 Å². The predicted molar refractivity (Wildman–Crippen MR) is 71.9 cm³/mol. The van der Waals surface area contributed by atoms with Crippen LogP contribution in [0.25, 0.3) is 11.2 Å². The number of nitrogens with zero attached hydrogens (tertiary/aromatic N) is 4. The van der Waals surface area contributed by atoms with Crippen LogP contribution in [0.2, 0.25) is 0 Å². The number of aromatic amines is 1. The quantitative estimate of drug-likeness (QED) is 0.863. The van der Waals surface area contributed by atoms with Crippen LogP contribution in [0.15, 0.2) is 6.33 Å². The van der Waals surface area contributed by atoms with Crippen LogP contribution in [0, 0.1) is 0 Å². The Labute approximate surface area is 106 Å². The Morgan fingerprint density at radius 1 is 1.50 bits per heavy atom. The third-order valence-electron chi connectivity index (χ3n) is 3.43. The summed E-state index contributed by atoms with van der Waals surface area (Å²) in [5.74, 6) is 1.63. The lowest BCUT2D eigenvalue weighted by molar-refractivity contribution is 0.728. The van der Waals surface area contributed by atoms with E-state index in [4.69, 9.17) is 0 Å². The van der Waals surface area contributed by atoms with Gasteiger partial charge in [0.05, 0.1) is 6.33 Å². The Hall–Kier alpha value is -1.85. The maximum atomic E-state index is 4.63. The summed E-state index contributed by atoms with van der Waals surface area (Å²) in [6.07, 6.45) is 4.12. The van der Waals surface area contributed by atoms with Crippen LogP contribution >= 0.6 is 0 Å². The van der Waals surface area contributed by atoms with Crippen molar-refractivity contribution in [2.75, 3.05) is 23.3 Å². The van der Waals surface area contributed by atoms with Gasteiger partial charge in [-0.1, -0.05) is 0 Å². The summed E-state index contributed by atoms with van der Waals surface area (Å²) in [6, 6.07) is 0.529. The fourth-order valence-electron chi connectivity index (χ4n) is 2.51. The molecule has 0 saturated carbocycles. The van der Waals surface area contributed by atoms with Crippen molar-refractivity contribution in [3.63, 3.8) is 0 Å². The standard InChI is InChI=1S/C12H18N6/c1-3-13-12-16-10-9(14-7-15-10)11(17-12)18-6-4-5-8(18)2/h7-8H,3-6H2,1-2H3,(H2,13,14,15,16,17). The lowest BCUT2D eigenvalue weighted by Crippen LogP contribution is -2.28. The maximum absolute atomic E-state index is 4.63. The van der Waals surface area contributed by atoms with Crippen molar-refractivity contribution in [2.24, 2.45) is 0 Å². The van der Waals surface area contributed by atoms with Crippen molar-refractivity contribution >= 4 is 22.9 Å². The van der Waals surface area contributed by atoms with Crippen LogP contribution in [-0.4, -0.2) is 39.1 Å². The molecule has 0 aliphatic carbocycles. The number of hydrogen-bond donors (Lipinski definition) is 2. The van der Waals surface area contributed by atoms with Gasteiger partial charge in [0.2, 0.25) is 5.95 Å². The molecule has 0 spiro atoms. The SMILES string of the molecule is CCNc1nc(N2CCCC2C)c2[nH]cnc2n1. The summed E-state index contributed by atoms with van der Waals surface area (Å²) in [7, 11) is 0. The molecule has 2 aromatic heterocycles. The van der Waals surface area contributed by atoms with Crippen LogP contribution in [-0.2, 0) is 0 Å². The molecule has 6 nitrogen and oxygen atoms in total. The molecule has 1 atom stereocenters. The second-order valence-corrected chi connectivity index (χ2v) is 4.69. The molecule has 0 amide bonds. The fourth-order valence-corrected chi connectivity index (χ4v) is 2.51. The first-order chi connectivity index (χ1) is 8.79. The number of anilines is 2.